The van der Waals surface area contributed by atoms with Gasteiger partial charge >= 0.3 is 5.97 Å². The number of benzene rings is 1. The Balaban J connectivity index is 2.00. The van der Waals surface area contributed by atoms with Crippen LogP contribution >= 0.6 is 11.6 Å². The summed E-state index contributed by atoms with van der Waals surface area (Å²) in [5.74, 6) is -0.500. The summed E-state index contributed by atoms with van der Waals surface area (Å²) in [5.41, 5.74) is 6.32. The summed E-state index contributed by atoms with van der Waals surface area (Å²) in [4.78, 5) is 27.1. The van der Waals surface area contributed by atoms with Crippen molar-refractivity contribution in [3.8, 4) is 0 Å². The fourth-order valence-electron chi connectivity index (χ4n) is 1.98. The number of nitrogens with zero attached hydrogens (tertiary/aromatic N) is 1. The molecule has 1 amide bonds. The van der Waals surface area contributed by atoms with Gasteiger partial charge in [0.1, 0.15) is 11.4 Å². The average molecular weight is 362 g/mol. The van der Waals surface area contributed by atoms with E-state index >= 15 is 0 Å². The lowest BCUT2D eigenvalue weighted by atomic mass is 10.1. The Kier molecular flexibility index (Phi) is 5.64. The molecule has 1 aromatic heterocycles. The van der Waals surface area contributed by atoms with Crippen molar-refractivity contribution in [1.29, 1.82) is 0 Å². The molecule has 0 spiro atoms. The smallest absolute Gasteiger partial charge is 0.338 e. The van der Waals surface area contributed by atoms with Gasteiger partial charge in [-0.1, -0.05) is 23.7 Å². The van der Waals surface area contributed by atoms with Gasteiger partial charge in [-0.15, -0.1) is 0 Å². The van der Waals surface area contributed by atoms with Gasteiger partial charge in [0.2, 0.25) is 5.91 Å². The van der Waals surface area contributed by atoms with Crippen LogP contribution in [0.4, 0.5) is 5.82 Å². The van der Waals surface area contributed by atoms with E-state index in [9.17, 15) is 9.59 Å². The second-order valence-electron chi connectivity index (χ2n) is 6.47. The van der Waals surface area contributed by atoms with Gasteiger partial charge in [0.25, 0.3) is 0 Å². The molecule has 6 nitrogen and oxygen atoms in total. The highest BCUT2D eigenvalue weighted by Crippen LogP contribution is 2.21. The third-order valence-corrected chi connectivity index (χ3v) is 3.46. The van der Waals surface area contributed by atoms with Crippen LogP contribution in [0, 0.1) is 0 Å². The first-order valence-corrected chi connectivity index (χ1v) is 8.05. The van der Waals surface area contributed by atoms with Crippen molar-refractivity contribution in [1.82, 2.24) is 4.98 Å². The number of nitrogens with one attached hydrogen (secondary N) is 1. The number of primary amides is 1. The van der Waals surface area contributed by atoms with Crippen molar-refractivity contribution in [2.24, 2.45) is 5.73 Å². The zero-order valence-electron chi connectivity index (χ0n) is 14.3. The Hall–Kier alpha value is -2.60. The molecule has 2 rings (SSSR count). The summed E-state index contributed by atoms with van der Waals surface area (Å²) >= 11 is 6.07. The summed E-state index contributed by atoms with van der Waals surface area (Å²) in [6.45, 7) is 5.92. The minimum absolute atomic E-state index is 0.247. The van der Waals surface area contributed by atoms with Crippen LogP contribution in [0.1, 0.15) is 47.1 Å². The quantitative estimate of drug-likeness (QED) is 0.796. The Bertz CT molecular complexity index is 783. The SMILES string of the molecule is CC(C)(C)OC(=O)c1ccc(CNc2ncc(C(N)=O)cc2Cl)cc1. The lowest BCUT2D eigenvalue weighted by Gasteiger charge is -2.19. The molecule has 0 saturated carbocycles. The van der Waals surface area contributed by atoms with Crippen LogP contribution in [0.25, 0.3) is 0 Å². The van der Waals surface area contributed by atoms with E-state index in [2.05, 4.69) is 10.3 Å². The molecule has 3 N–H and O–H groups in total. The van der Waals surface area contributed by atoms with E-state index in [1.165, 1.54) is 12.3 Å². The van der Waals surface area contributed by atoms with E-state index in [1.807, 2.05) is 32.9 Å². The molecule has 0 saturated heterocycles. The largest absolute Gasteiger partial charge is 0.456 e. The van der Waals surface area contributed by atoms with Gasteiger partial charge in [0, 0.05) is 12.7 Å². The highest BCUT2D eigenvalue weighted by Gasteiger charge is 2.17. The first-order valence-electron chi connectivity index (χ1n) is 7.67. The fourth-order valence-corrected chi connectivity index (χ4v) is 2.22. The van der Waals surface area contributed by atoms with Crippen LogP contribution in [-0.4, -0.2) is 22.5 Å². The molecule has 0 atom stereocenters. The molecule has 0 fully saturated rings. The van der Waals surface area contributed by atoms with Crippen LogP contribution in [0.2, 0.25) is 5.02 Å². The standard InChI is InChI=1S/C18H20ClN3O3/c1-18(2,3)25-17(24)12-6-4-11(5-7-12)9-21-16-14(19)8-13(10-22-16)15(20)23/h4-8,10H,9H2,1-3H3,(H2,20,23)(H,21,22). The zero-order chi connectivity index (χ0) is 18.6. The van der Waals surface area contributed by atoms with Crippen molar-refractivity contribution in [2.45, 2.75) is 32.9 Å². The lowest BCUT2D eigenvalue weighted by Crippen LogP contribution is -2.23. The number of pyridine rings is 1. The van der Waals surface area contributed by atoms with Crippen LogP contribution in [0.5, 0.6) is 0 Å². The molecule has 1 aromatic carbocycles. The number of carbonyl (C=O) groups is 2. The highest BCUT2D eigenvalue weighted by atomic mass is 35.5. The maximum atomic E-state index is 12.0. The molecule has 0 aliphatic carbocycles. The molecule has 132 valence electrons. The van der Waals surface area contributed by atoms with E-state index < -0.39 is 11.5 Å². The molecule has 0 unspecified atom stereocenters. The average Bonchev–Trinajstić information content (AvgIpc) is 2.52. The van der Waals surface area contributed by atoms with E-state index in [-0.39, 0.29) is 11.5 Å². The number of hydrogen-bond donors (Lipinski definition) is 2. The van der Waals surface area contributed by atoms with Gasteiger partial charge < -0.3 is 15.8 Å². The maximum absolute atomic E-state index is 12.0. The lowest BCUT2D eigenvalue weighted by molar-refractivity contribution is 0.00694. The predicted molar refractivity (Wildman–Crippen MR) is 96.7 cm³/mol. The number of carbonyl (C=O) groups excluding carboxylic acids is 2. The molecule has 2 aromatic rings. The van der Waals surface area contributed by atoms with Gasteiger partial charge in [0.15, 0.2) is 0 Å². The minimum atomic E-state index is -0.585. The number of rotatable bonds is 5. The van der Waals surface area contributed by atoms with Crippen molar-refractivity contribution in [3.05, 3.63) is 58.2 Å². The zero-order valence-corrected chi connectivity index (χ0v) is 15.1. The third kappa shape index (κ3) is 5.46. The van der Waals surface area contributed by atoms with Crippen LogP contribution in [0.3, 0.4) is 0 Å². The number of esters is 1. The molecular formula is C18H20ClN3O3. The molecule has 1 heterocycles. The number of aromatic nitrogens is 1. The second kappa shape index (κ2) is 7.53. The number of anilines is 1. The topological polar surface area (TPSA) is 94.3 Å². The summed E-state index contributed by atoms with van der Waals surface area (Å²) < 4.78 is 5.32. The van der Waals surface area contributed by atoms with Crippen LogP contribution in [-0.2, 0) is 11.3 Å². The number of nitrogens with two attached hydrogens (primary N) is 1. The van der Waals surface area contributed by atoms with E-state index in [0.29, 0.717) is 22.9 Å². The Labute approximate surface area is 151 Å². The van der Waals surface area contributed by atoms with Gasteiger partial charge in [-0.05, 0) is 44.5 Å². The molecule has 7 heteroatoms. The van der Waals surface area contributed by atoms with E-state index in [0.717, 1.165) is 5.56 Å². The minimum Gasteiger partial charge on any atom is -0.456 e. The fraction of sp³-hybridized carbons (Fsp3) is 0.278. The van der Waals surface area contributed by atoms with Crippen molar-refractivity contribution in [2.75, 3.05) is 5.32 Å². The number of amides is 1. The summed E-state index contributed by atoms with van der Waals surface area (Å²) in [6, 6.07) is 8.51. The van der Waals surface area contributed by atoms with Crippen molar-refractivity contribution < 1.29 is 14.3 Å². The van der Waals surface area contributed by atoms with Crippen molar-refractivity contribution >= 4 is 29.3 Å². The first kappa shape index (κ1) is 18.7. The normalized spacial score (nSPS) is 11.0. The molecule has 0 radical (unpaired) electrons. The number of hydrogen-bond acceptors (Lipinski definition) is 5. The Morgan fingerprint density at radius 3 is 2.36 bits per heavy atom. The number of halogens is 1. The van der Waals surface area contributed by atoms with E-state index in [1.54, 1.807) is 12.1 Å². The number of ether oxygens (including phenoxy) is 1. The van der Waals surface area contributed by atoms with Crippen LogP contribution < -0.4 is 11.1 Å². The second-order valence-corrected chi connectivity index (χ2v) is 6.88. The Morgan fingerprint density at radius 2 is 1.84 bits per heavy atom. The Morgan fingerprint density at radius 1 is 1.20 bits per heavy atom. The highest BCUT2D eigenvalue weighted by molar-refractivity contribution is 6.33. The van der Waals surface area contributed by atoms with Gasteiger partial charge in [-0.2, -0.15) is 0 Å². The van der Waals surface area contributed by atoms with Gasteiger partial charge in [0.05, 0.1) is 16.1 Å². The predicted octanol–water partition coefficient (Wildman–Crippen LogP) is 3.40. The molecular weight excluding hydrogens is 342 g/mol. The van der Waals surface area contributed by atoms with Crippen LogP contribution in [0.15, 0.2) is 36.5 Å². The third-order valence-electron chi connectivity index (χ3n) is 3.17. The van der Waals surface area contributed by atoms with Crippen molar-refractivity contribution in [3.63, 3.8) is 0 Å². The van der Waals surface area contributed by atoms with Gasteiger partial charge in [-0.25, -0.2) is 9.78 Å². The first-order chi connectivity index (χ1) is 11.7. The van der Waals surface area contributed by atoms with E-state index in [4.69, 9.17) is 22.1 Å². The monoisotopic (exact) mass is 361 g/mol. The molecule has 0 aliphatic rings. The molecule has 0 bridgehead atoms. The van der Waals surface area contributed by atoms with Gasteiger partial charge in [-0.3, -0.25) is 4.79 Å². The summed E-state index contributed by atoms with van der Waals surface area (Å²) in [7, 11) is 0. The summed E-state index contributed by atoms with van der Waals surface area (Å²) in [5, 5.41) is 3.38. The summed E-state index contributed by atoms with van der Waals surface area (Å²) in [6.07, 6.45) is 1.36. The maximum Gasteiger partial charge on any atom is 0.338 e. The molecule has 0 aliphatic heterocycles. The molecule has 25 heavy (non-hydrogen) atoms.